The lowest BCUT2D eigenvalue weighted by Gasteiger charge is -2.34. The average molecular weight is 308 g/mol. The van der Waals surface area contributed by atoms with Crippen LogP contribution in [0.3, 0.4) is 0 Å². The van der Waals surface area contributed by atoms with E-state index in [0.29, 0.717) is 11.3 Å². The summed E-state index contributed by atoms with van der Waals surface area (Å²) in [6.07, 6.45) is -5.01. The molecule has 7 nitrogen and oxygen atoms in total. The molecule has 1 saturated heterocycles. The van der Waals surface area contributed by atoms with E-state index in [9.17, 15) is 20.1 Å². The van der Waals surface area contributed by atoms with Crippen LogP contribution in [0, 0.1) is 6.92 Å². The van der Waals surface area contributed by atoms with E-state index in [1.807, 2.05) is 0 Å². The topological polar surface area (TPSA) is 109 Å². The summed E-state index contributed by atoms with van der Waals surface area (Å²) in [6.45, 7) is 1.65. The van der Waals surface area contributed by atoms with Crippen LogP contribution in [0.25, 0.3) is 11.0 Å². The van der Waals surface area contributed by atoms with Crippen molar-refractivity contribution in [2.45, 2.75) is 31.5 Å². The Morgan fingerprint density at radius 1 is 1.18 bits per heavy atom. The minimum Gasteiger partial charge on any atom is -0.462 e. The molecule has 0 radical (unpaired) electrons. The first-order chi connectivity index (χ1) is 10.5. The molecule has 1 fully saturated rings. The Morgan fingerprint density at radius 3 is 2.73 bits per heavy atom. The Labute approximate surface area is 125 Å². The number of aryl methyl sites for hydroxylation is 1. The zero-order valence-electron chi connectivity index (χ0n) is 11.8. The lowest BCUT2D eigenvalue weighted by Crippen LogP contribution is -2.54. The van der Waals surface area contributed by atoms with Gasteiger partial charge in [0.25, 0.3) is 0 Å². The van der Waals surface area contributed by atoms with Crippen molar-refractivity contribution in [2.75, 3.05) is 6.61 Å². The fourth-order valence-electron chi connectivity index (χ4n) is 2.40. The van der Waals surface area contributed by atoms with Gasteiger partial charge in [0.15, 0.2) is 0 Å². The zero-order valence-corrected chi connectivity index (χ0v) is 11.8. The highest BCUT2D eigenvalue weighted by Crippen LogP contribution is 2.25. The third-order valence-electron chi connectivity index (χ3n) is 3.63. The lowest BCUT2D eigenvalue weighted by molar-refractivity contribution is -0.242. The molecule has 4 atom stereocenters. The van der Waals surface area contributed by atoms with Crippen molar-refractivity contribution in [1.82, 2.24) is 0 Å². The Morgan fingerprint density at radius 2 is 1.95 bits per heavy atom. The van der Waals surface area contributed by atoms with Crippen LogP contribution in [-0.4, -0.2) is 46.5 Å². The highest BCUT2D eigenvalue weighted by Gasteiger charge is 2.39. The van der Waals surface area contributed by atoms with Gasteiger partial charge in [-0.2, -0.15) is 0 Å². The molecule has 0 spiro atoms. The molecule has 0 aliphatic carbocycles. The predicted octanol–water partition coefficient (Wildman–Crippen LogP) is -0.0808. The number of aliphatic hydroxyl groups excluding tert-OH is 3. The van der Waals surface area contributed by atoms with Gasteiger partial charge in [-0.15, -0.1) is 0 Å². The molecule has 1 aromatic heterocycles. The van der Waals surface area contributed by atoms with Crippen molar-refractivity contribution in [2.24, 2.45) is 0 Å². The predicted molar refractivity (Wildman–Crippen MR) is 75.6 cm³/mol. The van der Waals surface area contributed by atoms with Crippen LogP contribution < -0.4 is 10.4 Å². The molecule has 1 aliphatic rings. The maximum atomic E-state index is 11.4. The second kappa shape index (κ2) is 5.69. The van der Waals surface area contributed by atoms with Crippen LogP contribution in [0.1, 0.15) is 5.56 Å². The highest BCUT2D eigenvalue weighted by atomic mass is 16.7. The Kier molecular flexibility index (Phi) is 3.88. The molecule has 3 rings (SSSR count). The van der Waals surface area contributed by atoms with E-state index in [2.05, 4.69) is 0 Å². The maximum absolute atomic E-state index is 11.4. The molecule has 0 unspecified atom stereocenters. The number of rotatable bonds is 2. The fourth-order valence-corrected chi connectivity index (χ4v) is 2.40. The Hall–Kier alpha value is -1.93. The first-order valence-electron chi connectivity index (χ1n) is 6.82. The molecule has 1 aliphatic heterocycles. The van der Waals surface area contributed by atoms with Crippen molar-refractivity contribution in [1.29, 1.82) is 0 Å². The second-order valence-electron chi connectivity index (χ2n) is 5.27. The normalized spacial score (nSPS) is 28.7. The van der Waals surface area contributed by atoms with Gasteiger partial charge in [-0.25, -0.2) is 4.79 Å². The maximum Gasteiger partial charge on any atom is 0.336 e. The molecular formula is C15H16O7. The highest BCUT2D eigenvalue weighted by molar-refractivity contribution is 5.81. The van der Waals surface area contributed by atoms with Crippen molar-refractivity contribution in [3.8, 4) is 5.75 Å². The number of benzene rings is 1. The number of hydrogen-bond acceptors (Lipinski definition) is 7. The summed E-state index contributed by atoms with van der Waals surface area (Å²) in [5, 5.41) is 29.6. The Bertz CT molecular complexity index is 738. The molecule has 0 saturated carbocycles. The molecular weight excluding hydrogens is 292 g/mol. The molecule has 0 bridgehead atoms. The quantitative estimate of drug-likeness (QED) is 0.666. The van der Waals surface area contributed by atoms with E-state index in [4.69, 9.17) is 13.9 Å². The number of aliphatic hydroxyl groups is 3. The van der Waals surface area contributed by atoms with Gasteiger partial charge in [-0.3, -0.25) is 0 Å². The van der Waals surface area contributed by atoms with Gasteiger partial charge >= 0.3 is 5.63 Å². The van der Waals surface area contributed by atoms with E-state index in [1.54, 1.807) is 19.1 Å². The largest absolute Gasteiger partial charge is 0.462 e. The van der Waals surface area contributed by atoms with Crippen LogP contribution in [-0.2, 0) is 4.74 Å². The molecule has 22 heavy (non-hydrogen) atoms. The second-order valence-corrected chi connectivity index (χ2v) is 5.27. The van der Waals surface area contributed by atoms with Gasteiger partial charge in [0, 0.05) is 17.5 Å². The third-order valence-corrected chi connectivity index (χ3v) is 3.63. The van der Waals surface area contributed by atoms with Crippen molar-refractivity contribution in [3.05, 3.63) is 40.2 Å². The van der Waals surface area contributed by atoms with Crippen molar-refractivity contribution < 1.29 is 29.2 Å². The summed E-state index contributed by atoms with van der Waals surface area (Å²) < 4.78 is 15.7. The lowest BCUT2D eigenvalue weighted by atomic mass is 10.1. The van der Waals surface area contributed by atoms with Gasteiger partial charge in [0.1, 0.15) is 29.6 Å². The first-order valence-corrected chi connectivity index (χ1v) is 6.82. The van der Waals surface area contributed by atoms with Crippen LogP contribution in [0.15, 0.2) is 33.5 Å². The molecule has 0 amide bonds. The van der Waals surface area contributed by atoms with Gasteiger partial charge in [-0.1, -0.05) is 0 Å². The molecule has 2 heterocycles. The van der Waals surface area contributed by atoms with Gasteiger partial charge in [-0.05, 0) is 24.6 Å². The van der Waals surface area contributed by atoms with E-state index < -0.39 is 30.2 Å². The fraction of sp³-hybridized carbons (Fsp3) is 0.400. The number of hydrogen-bond donors (Lipinski definition) is 3. The summed E-state index contributed by atoms with van der Waals surface area (Å²) in [7, 11) is 0. The number of ether oxygens (including phenoxy) is 2. The van der Waals surface area contributed by atoms with E-state index >= 15 is 0 Å². The van der Waals surface area contributed by atoms with Crippen LogP contribution in [0.4, 0.5) is 0 Å². The monoisotopic (exact) mass is 308 g/mol. The smallest absolute Gasteiger partial charge is 0.336 e. The van der Waals surface area contributed by atoms with Gasteiger partial charge in [0.2, 0.25) is 6.29 Å². The summed E-state index contributed by atoms with van der Waals surface area (Å²) in [4.78, 5) is 11.4. The van der Waals surface area contributed by atoms with Crippen LogP contribution >= 0.6 is 0 Å². The molecule has 2 aromatic rings. The SMILES string of the molecule is Cc1cc(=O)oc2cc(O[C@H]3OC[C@H](O)[C@@H](O)[C@@H]3O)ccc12. The van der Waals surface area contributed by atoms with E-state index in [0.717, 1.165) is 10.9 Å². The van der Waals surface area contributed by atoms with Gasteiger partial charge in [0.05, 0.1) is 6.61 Å². The van der Waals surface area contributed by atoms with Crippen molar-refractivity contribution in [3.63, 3.8) is 0 Å². The molecule has 3 N–H and O–H groups in total. The molecule has 1 aromatic carbocycles. The summed E-state index contributed by atoms with van der Waals surface area (Å²) in [5.74, 6) is 0.314. The van der Waals surface area contributed by atoms with E-state index in [1.165, 1.54) is 12.1 Å². The van der Waals surface area contributed by atoms with Gasteiger partial charge < -0.3 is 29.2 Å². The summed E-state index contributed by atoms with van der Waals surface area (Å²) in [6, 6.07) is 6.28. The van der Waals surface area contributed by atoms with Crippen LogP contribution in [0.2, 0.25) is 0 Å². The third kappa shape index (κ3) is 2.71. The van der Waals surface area contributed by atoms with Crippen molar-refractivity contribution >= 4 is 11.0 Å². The Balaban J connectivity index is 1.87. The first kappa shape index (κ1) is 15.0. The minimum absolute atomic E-state index is 0.148. The molecule has 7 heteroatoms. The molecule has 118 valence electrons. The standard InChI is InChI=1S/C15H16O7/c1-7-4-12(17)22-11-5-8(2-3-9(7)11)21-15-14(19)13(18)10(16)6-20-15/h2-5,10,13-16,18-19H,6H2,1H3/t10-,13+,14-,15+/m0/s1. The zero-order chi connectivity index (χ0) is 15.9. The average Bonchev–Trinajstić information content (AvgIpc) is 2.47. The minimum atomic E-state index is -1.39. The summed E-state index contributed by atoms with van der Waals surface area (Å²) in [5.41, 5.74) is 0.674. The van der Waals surface area contributed by atoms with E-state index in [-0.39, 0.29) is 6.61 Å². The summed E-state index contributed by atoms with van der Waals surface area (Å²) >= 11 is 0. The number of fused-ring (bicyclic) bond motifs is 1. The van der Waals surface area contributed by atoms with Crippen LogP contribution in [0.5, 0.6) is 5.75 Å².